The molecule has 1 amide bonds. The molecule has 21 heavy (non-hydrogen) atoms. The largest absolute Gasteiger partial charge is 0.396 e. The molecule has 6 nitrogen and oxygen atoms in total. The van der Waals surface area contributed by atoms with E-state index in [1.165, 1.54) is 11.0 Å². The zero-order chi connectivity index (χ0) is 16.2. The van der Waals surface area contributed by atoms with E-state index in [0.29, 0.717) is 12.2 Å². The molecule has 0 radical (unpaired) electrons. The lowest BCUT2D eigenvalue weighted by molar-refractivity contribution is -0.127. The van der Waals surface area contributed by atoms with Crippen LogP contribution in [0.2, 0.25) is 0 Å². The van der Waals surface area contributed by atoms with Crippen molar-refractivity contribution in [2.75, 3.05) is 44.1 Å². The number of nitrogens with zero attached hydrogens (tertiary/aromatic N) is 2. The van der Waals surface area contributed by atoms with Gasteiger partial charge in [0, 0.05) is 26.9 Å². The Morgan fingerprint density at radius 3 is 2.38 bits per heavy atom. The van der Waals surface area contributed by atoms with Gasteiger partial charge in [0.25, 0.3) is 0 Å². The third-order valence-electron chi connectivity index (χ3n) is 3.10. The normalized spacial score (nSPS) is 11.2. The summed E-state index contributed by atoms with van der Waals surface area (Å²) >= 11 is 0. The van der Waals surface area contributed by atoms with Gasteiger partial charge in [-0.1, -0.05) is 13.0 Å². The van der Waals surface area contributed by atoms with Crippen molar-refractivity contribution < 1.29 is 13.2 Å². The van der Waals surface area contributed by atoms with Crippen LogP contribution >= 0.6 is 0 Å². The number of para-hydroxylation sites is 1. The van der Waals surface area contributed by atoms with Crippen LogP contribution in [0.25, 0.3) is 0 Å². The maximum Gasteiger partial charge on any atom is 0.241 e. The number of carbonyl (C=O) groups is 1. The van der Waals surface area contributed by atoms with Crippen molar-refractivity contribution in [3.05, 3.63) is 18.2 Å². The minimum atomic E-state index is -3.40. The average molecular weight is 313 g/mol. The van der Waals surface area contributed by atoms with E-state index >= 15 is 0 Å². The van der Waals surface area contributed by atoms with E-state index in [0.717, 1.165) is 12.7 Å². The van der Waals surface area contributed by atoms with Gasteiger partial charge in [-0.2, -0.15) is 0 Å². The molecule has 2 N–H and O–H groups in total. The van der Waals surface area contributed by atoms with Crippen molar-refractivity contribution in [3.8, 4) is 0 Å². The van der Waals surface area contributed by atoms with E-state index in [9.17, 15) is 13.2 Å². The third kappa shape index (κ3) is 4.35. The number of sulfone groups is 1. The first-order valence-corrected chi connectivity index (χ1v) is 8.61. The maximum absolute atomic E-state index is 11.9. The Kier molecular flexibility index (Phi) is 5.60. The van der Waals surface area contributed by atoms with Gasteiger partial charge in [-0.15, -0.1) is 0 Å². The maximum atomic E-state index is 11.9. The van der Waals surface area contributed by atoms with E-state index in [-0.39, 0.29) is 23.0 Å². The van der Waals surface area contributed by atoms with Crippen molar-refractivity contribution in [2.24, 2.45) is 0 Å². The molecule has 118 valence electrons. The predicted molar refractivity (Wildman–Crippen MR) is 85.2 cm³/mol. The molecule has 0 fully saturated rings. The zero-order valence-corrected chi connectivity index (χ0v) is 13.8. The first kappa shape index (κ1) is 17.3. The summed E-state index contributed by atoms with van der Waals surface area (Å²) in [4.78, 5) is 15.3. The Morgan fingerprint density at radius 1 is 1.29 bits per heavy atom. The molecule has 1 aromatic rings. The highest BCUT2D eigenvalue weighted by atomic mass is 32.2. The standard InChI is InChI=1S/C14H23N3O3S/c1-5-9-17(10-13(18)16(2)3)11-7-6-8-12(14(11)15)21(4,19)20/h6-8H,5,9-10,15H2,1-4H3. The van der Waals surface area contributed by atoms with Gasteiger partial charge in [0.05, 0.1) is 22.8 Å². The lowest BCUT2D eigenvalue weighted by atomic mass is 10.2. The zero-order valence-electron chi connectivity index (χ0n) is 13.0. The number of hydrogen-bond donors (Lipinski definition) is 1. The number of benzene rings is 1. The highest BCUT2D eigenvalue weighted by Crippen LogP contribution is 2.29. The van der Waals surface area contributed by atoms with Crippen molar-refractivity contribution in [3.63, 3.8) is 0 Å². The van der Waals surface area contributed by atoms with Crippen LogP contribution in [-0.2, 0) is 14.6 Å². The van der Waals surface area contributed by atoms with Crippen molar-refractivity contribution in [2.45, 2.75) is 18.2 Å². The van der Waals surface area contributed by atoms with Crippen LogP contribution in [0, 0.1) is 0 Å². The van der Waals surface area contributed by atoms with E-state index < -0.39 is 9.84 Å². The summed E-state index contributed by atoms with van der Waals surface area (Å²) in [6.07, 6.45) is 1.95. The van der Waals surface area contributed by atoms with Gasteiger partial charge in [0.15, 0.2) is 9.84 Å². The molecule has 1 rings (SSSR count). The summed E-state index contributed by atoms with van der Waals surface area (Å²) in [6.45, 7) is 2.78. The summed E-state index contributed by atoms with van der Waals surface area (Å²) in [5, 5.41) is 0. The molecule has 0 unspecified atom stereocenters. The van der Waals surface area contributed by atoms with Gasteiger partial charge in [-0.05, 0) is 18.6 Å². The van der Waals surface area contributed by atoms with Crippen molar-refractivity contribution in [1.29, 1.82) is 0 Å². The Morgan fingerprint density at radius 2 is 1.90 bits per heavy atom. The molecule has 0 aliphatic rings. The van der Waals surface area contributed by atoms with Crippen LogP contribution in [0.4, 0.5) is 11.4 Å². The van der Waals surface area contributed by atoms with Crippen LogP contribution in [0.15, 0.2) is 23.1 Å². The number of anilines is 2. The number of likely N-dealkylation sites (N-methyl/N-ethyl adjacent to an activating group) is 1. The minimum Gasteiger partial charge on any atom is -0.396 e. The number of hydrogen-bond acceptors (Lipinski definition) is 5. The van der Waals surface area contributed by atoms with Crippen LogP contribution in [0.5, 0.6) is 0 Å². The van der Waals surface area contributed by atoms with Gasteiger partial charge in [0.1, 0.15) is 0 Å². The molecule has 0 aliphatic carbocycles. The minimum absolute atomic E-state index is 0.0624. The molecular formula is C14H23N3O3S. The van der Waals surface area contributed by atoms with Gasteiger partial charge in [-0.3, -0.25) is 4.79 Å². The Bertz CT molecular complexity index is 612. The van der Waals surface area contributed by atoms with Gasteiger partial charge in [0.2, 0.25) is 5.91 Å². The molecular weight excluding hydrogens is 290 g/mol. The first-order valence-electron chi connectivity index (χ1n) is 6.72. The Labute approximate surface area is 126 Å². The third-order valence-corrected chi connectivity index (χ3v) is 4.26. The molecule has 0 saturated heterocycles. The van der Waals surface area contributed by atoms with Crippen molar-refractivity contribution >= 4 is 27.1 Å². The summed E-state index contributed by atoms with van der Waals surface area (Å²) in [7, 11) is -0.0297. The van der Waals surface area contributed by atoms with Gasteiger partial charge in [-0.25, -0.2) is 8.42 Å². The van der Waals surface area contributed by atoms with Crippen LogP contribution in [0.3, 0.4) is 0 Å². The highest BCUT2D eigenvalue weighted by molar-refractivity contribution is 7.90. The molecule has 0 bridgehead atoms. The summed E-state index contributed by atoms with van der Waals surface area (Å²) in [5.41, 5.74) is 6.78. The van der Waals surface area contributed by atoms with Crippen LogP contribution in [0.1, 0.15) is 13.3 Å². The topological polar surface area (TPSA) is 83.7 Å². The second-order valence-corrected chi connectivity index (χ2v) is 7.15. The molecule has 0 aromatic heterocycles. The van der Waals surface area contributed by atoms with E-state index in [1.54, 1.807) is 26.2 Å². The molecule has 0 heterocycles. The van der Waals surface area contributed by atoms with Crippen LogP contribution < -0.4 is 10.6 Å². The van der Waals surface area contributed by atoms with Crippen molar-refractivity contribution in [1.82, 2.24) is 4.90 Å². The summed E-state index contributed by atoms with van der Waals surface area (Å²) in [5.74, 6) is -0.0624. The van der Waals surface area contributed by atoms with Gasteiger partial charge >= 0.3 is 0 Å². The number of nitrogens with two attached hydrogens (primary N) is 1. The molecule has 0 atom stereocenters. The first-order chi connectivity index (χ1) is 9.68. The number of rotatable bonds is 6. The quantitative estimate of drug-likeness (QED) is 0.791. The van der Waals surface area contributed by atoms with Crippen LogP contribution in [-0.4, -0.2) is 52.7 Å². The van der Waals surface area contributed by atoms with E-state index in [1.807, 2.05) is 11.8 Å². The van der Waals surface area contributed by atoms with Gasteiger partial charge < -0.3 is 15.5 Å². The fourth-order valence-electron chi connectivity index (χ4n) is 1.99. The molecule has 0 spiro atoms. The lowest BCUT2D eigenvalue weighted by Crippen LogP contribution is -2.37. The Hall–Kier alpha value is -1.76. The fraction of sp³-hybridized carbons (Fsp3) is 0.500. The van der Waals surface area contributed by atoms with E-state index in [2.05, 4.69) is 0 Å². The highest BCUT2D eigenvalue weighted by Gasteiger charge is 2.19. The Balaban J connectivity index is 3.23. The number of carbonyl (C=O) groups excluding carboxylic acids is 1. The molecule has 0 saturated carbocycles. The molecule has 7 heteroatoms. The molecule has 0 aliphatic heterocycles. The average Bonchev–Trinajstić information content (AvgIpc) is 2.37. The number of nitrogen functional groups attached to an aromatic ring is 1. The predicted octanol–water partition coefficient (Wildman–Crippen LogP) is 0.977. The SMILES string of the molecule is CCCN(CC(=O)N(C)C)c1cccc(S(C)(=O)=O)c1N. The lowest BCUT2D eigenvalue weighted by Gasteiger charge is -2.27. The fourth-order valence-corrected chi connectivity index (χ4v) is 2.82. The second kappa shape index (κ2) is 6.80. The monoisotopic (exact) mass is 313 g/mol. The smallest absolute Gasteiger partial charge is 0.241 e. The molecule has 1 aromatic carbocycles. The summed E-state index contributed by atoms with van der Waals surface area (Å²) < 4.78 is 23.5. The van der Waals surface area contributed by atoms with E-state index in [4.69, 9.17) is 5.73 Å². The summed E-state index contributed by atoms with van der Waals surface area (Å²) in [6, 6.07) is 4.86. The number of amides is 1. The second-order valence-electron chi connectivity index (χ2n) is 5.17.